The Kier molecular flexibility index (Phi) is 18.4. The monoisotopic (exact) mass is 418 g/mol. The maximum atomic E-state index is 10.4. The zero-order valence-electron chi connectivity index (χ0n) is 19.4. The Labute approximate surface area is 179 Å². The molecule has 0 rings (SSSR count). The minimum Gasteiger partial charge on any atom is -0.395 e. The first kappa shape index (κ1) is 28.8. The number of hydrogen-bond donors (Lipinski definition) is 6. The van der Waals surface area contributed by atoms with Gasteiger partial charge in [-0.3, -0.25) is 10.6 Å². The van der Waals surface area contributed by atoms with E-state index >= 15 is 0 Å². The average molecular weight is 419 g/mol. The van der Waals surface area contributed by atoms with Crippen molar-refractivity contribution >= 4 is 0 Å². The minimum atomic E-state index is -1.05. The van der Waals surface area contributed by atoms with Crippen molar-refractivity contribution in [2.24, 2.45) is 5.92 Å². The maximum Gasteiger partial charge on any atom is 0.123 e. The van der Waals surface area contributed by atoms with Gasteiger partial charge in [-0.2, -0.15) is 0 Å². The zero-order chi connectivity index (χ0) is 22.1. The smallest absolute Gasteiger partial charge is 0.123 e. The molecule has 176 valence electrons. The van der Waals surface area contributed by atoms with Crippen molar-refractivity contribution < 1.29 is 20.4 Å². The van der Waals surface area contributed by atoms with Gasteiger partial charge < -0.3 is 20.4 Å². The third kappa shape index (κ3) is 15.2. The molecule has 5 unspecified atom stereocenters. The van der Waals surface area contributed by atoms with Crippen molar-refractivity contribution in [2.75, 3.05) is 6.61 Å². The van der Waals surface area contributed by atoms with E-state index in [-0.39, 0.29) is 18.6 Å². The van der Waals surface area contributed by atoms with Crippen molar-refractivity contribution in [1.82, 2.24) is 10.6 Å². The third-order valence-electron chi connectivity index (χ3n) is 5.71. The van der Waals surface area contributed by atoms with E-state index in [1.807, 2.05) is 13.8 Å². The van der Waals surface area contributed by atoms with Crippen molar-refractivity contribution in [3.63, 3.8) is 0 Å². The van der Waals surface area contributed by atoms with Gasteiger partial charge in [0.1, 0.15) is 12.5 Å². The van der Waals surface area contributed by atoms with E-state index in [1.54, 1.807) is 6.92 Å². The highest BCUT2D eigenvalue weighted by Crippen LogP contribution is 2.13. The van der Waals surface area contributed by atoms with Gasteiger partial charge in [-0.15, -0.1) is 0 Å². The van der Waals surface area contributed by atoms with E-state index in [1.165, 1.54) is 57.8 Å². The Bertz CT molecular complexity index is 356. The SMILES string of the molecule is CCCCCCCCCCCCCC(O)NC(C(C)O)C(O)NC(CO)C(C)C. The first-order chi connectivity index (χ1) is 13.8. The van der Waals surface area contributed by atoms with Crippen LogP contribution in [-0.4, -0.2) is 57.7 Å². The molecule has 0 spiro atoms. The largest absolute Gasteiger partial charge is 0.395 e. The van der Waals surface area contributed by atoms with Gasteiger partial charge >= 0.3 is 0 Å². The molecule has 0 saturated carbocycles. The lowest BCUT2D eigenvalue weighted by Crippen LogP contribution is -2.59. The van der Waals surface area contributed by atoms with Crippen LogP contribution in [0.5, 0.6) is 0 Å². The highest BCUT2D eigenvalue weighted by Gasteiger charge is 2.28. The van der Waals surface area contributed by atoms with Crippen LogP contribution >= 0.6 is 0 Å². The molecule has 0 bridgehead atoms. The Balaban J connectivity index is 3.94. The summed E-state index contributed by atoms with van der Waals surface area (Å²) in [6, 6.07) is -0.970. The quantitative estimate of drug-likeness (QED) is 0.134. The van der Waals surface area contributed by atoms with Crippen molar-refractivity contribution in [3.8, 4) is 0 Å². The topological polar surface area (TPSA) is 105 Å². The summed E-state index contributed by atoms with van der Waals surface area (Å²) in [5.74, 6) is 0.144. The second-order valence-corrected chi connectivity index (χ2v) is 8.92. The van der Waals surface area contributed by atoms with Crippen molar-refractivity contribution in [3.05, 3.63) is 0 Å². The van der Waals surface area contributed by atoms with Gasteiger partial charge in [0.2, 0.25) is 0 Å². The molecular weight excluding hydrogens is 368 g/mol. The molecular formula is C23H50N2O4. The van der Waals surface area contributed by atoms with E-state index in [0.717, 1.165) is 12.8 Å². The lowest BCUT2D eigenvalue weighted by molar-refractivity contribution is -0.0180. The van der Waals surface area contributed by atoms with Gasteiger partial charge in [-0.1, -0.05) is 85.0 Å². The average Bonchev–Trinajstić information content (AvgIpc) is 2.67. The van der Waals surface area contributed by atoms with Gasteiger partial charge in [0.15, 0.2) is 0 Å². The van der Waals surface area contributed by atoms with Gasteiger partial charge in [-0.05, 0) is 25.7 Å². The number of aliphatic hydroxyl groups is 4. The van der Waals surface area contributed by atoms with Crippen LogP contribution in [0.1, 0.15) is 105 Å². The van der Waals surface area contributed by atoms with E-state index < -0.39 is 24.6 Å². The molecule has 0 aliphatic heterocycles. The number of nitrogens with one attached hydrogen (secondary N) is 2. The summed E-state index contributed by atoms with van der Waals surface area (Å²) >= 11 is 0. The van der Waals surface area contributed by atoms with Crippen LogP contribution in [0, 0.1) is 5.92 Å². The molecule has 0 amide bonds. The Hall–Kier alpha value is -0.240. The number of rotatable bonds is 20. The van der Waals surface area contributed by atoms with Crippen LogP contribution in [0.15, 0.2) is 0 Å². The van der Waals surface area contributed by atoms with Crippen LogP contribution < -0.4 is 10.6 Å². The van der Waals surface area contributed by atoms with Crippen molar-refractivity contribution in [2.45, 2.75) is 135 Å². The first-order valence-electron chi connectivity index (χ1n) is 12.0. The van der Waals surface area contributed by atoms with Gasteiger partial charge in [0, 0.05) is 6.04 Å². The standard InChI is InChI=1S/C23H50N2O4/c1-5-6-7-8-9-10-11-12-13-14-15-16-21(28)25-22(19(4)27)23(29)24-20(17-26)18(2)3/h18-29H,5-17H2,1-4H3. The minimum absolute atomic E-state index is 0.0947. The van der Waals surface area contributed by atoms with Gasteiger partial charge in [0.25, 0.3) is 0 Å². The zero-order valence-corrected chi connectivity index (χ0v) is 19.4. The van der Waals surface area contributed by atoms with Crippen LogP contribution in [-0.2, 0) is 0 Å². The fourth-order valence-corrected chi connectivity index (χ4v) is 3.58. The normalized spacial score (nSPS) is 17.3. The highest BCUT2D eigenvalue weighted by molar-refractivity contribution is 4.83. The van der Waals surface area contributed by atoms with E-state index in [0.29, 0.717) is 6.42 Å². The Morgan fingerprint density at radius 2 is 1.17 bits per heavy atom. The number of aliphatic hydroxyl groups excluding tert-OH is 4. The summed E-state index contributed by atoms with van der Waals surface area (Å²) in [6.07, 6.45) is 11.8. The molecule has 0 aromatic rings. The fourth-order valence-electron chi connectivity index (χ4n) is 3.58. The summed E-state index contributed by atoms with van der Waals surface area (Å²) < 4.78 is 0. The molecule has 0 aromatic heterocycles. The number of unbranched alkanes of at least 4 members (excludes halogenated alkanes) is 10. The van der Waals surface area contributed by atoms with Crippen molar-refractivity contribution in [1.29, 1.82) is 0 Å². The third-order valence-corrected chi connectivity index (χ3v) is 5.71. The molecule has 0 radical (unpaired) electrons. The molecule has 0 heterocycles. The summed E-state index contributed by atoms with van der Waals surface area (Å²) in [6.45, 7) is 7.64. The summed E-state index contributed by atoms with van der Waals surface area (Å²) in [4.78, 5) is 0. The van der Waals surface area contributed by atoms with Crippen LogP contribution in [0.25, 0.3) is 0 Å². The molecule has 0 fully saturated rings. The molecule has 0 aliphatic carbocycles. The Morgan fingerprint density at radius 1 is 0.690 bits per heavy atom. The molecule has 6 nitrogen and oxygen atoms in total. The van der Waals surface area contributed by atoms with E-state index in [4.69, 9.17) is 0 Å². The second-order valence-electron chi connectivity index (χ2n) is 8.92. The summed E-state index contributed by atoms with van der Waals surface area (Å²) in [5.41, 5.74) is 0. The second kappa shape index (κ2) is 18.5. The van der Waals surface area contributed by atoms with Crippen LogP contribution in [0.2, 0.25) is 0 Å². The predicted octanol–water partition coefficient (Wildman–Crippen LogP) is 3.27. The lowest BCUT2D eigenvalue weighted by Gasteiger charge is -2.33. The molecule has 6 heteroatoms. The molecule has 6 N–H and O–H groups in total. The Morgan fingerprint density at radius 3 is 1.59 bits per heavy atom. The van der Waals surface area contributed by atoms with Crippen LogP contribution in [0.3, 0.4) is 0 Å². The molecule has 5 atom stereocenters. The van der Waals surface area contributed by atoms with Crippen LogP contribution in [0.4, 0.5) is 0 Å². The molecule has 29 heavy (non-hydrogen) atoms. The summed E-state index contributed by atoms with van der Waals surface area (Å²) in [7, 11) is 0. The van der Waals surface area contributed by atoms with Gasteiger partial charge in [0.05, 0.1) is 18.8 Å². The van der Waals surface area contributed by atoms with E-state index in [2.05, 4.69) is 17.6 Å². The summed E-state index contributed by atoms with van der Waals surface area (Å²) in [5, 5.41) is 45.9. The highest BCUT2D eigenvalue weighted by atomic mass is 16.3. The fraction of sp³-hybridized carbons (Fsp3) is 1.00. The predicted molar refractivity (Wildman–Crippen MR) is 121 cm³/mol. The lowest BCUT2D eigenvalue weighted by atomic mass is 10.0. The number of hydrogen-bond acceptors (Lipinski definition) is 6. The first-order valence-corrected chi connectivity index (χ1v) is 12.0. The molecule has 0 aromatic carbocycles. The van der Waals surface area contributed by atoms with E-state index in [9.17, 15) is 20.4 Å². The molecule has 0 saturated heterocycles. The van der Waals surface area contributed by atoms with Gasteiger partial charge in [-0.25, -0.2) is 0 Å². The maximum absolute atomic E-state index is 10.4. The molecule has 0 aliphatic rings.